The van der Waals surface area contributed by atoms with Crippen molar-refractivity contribution in [2.24, 2.45) is 0 Å². The highest BCUT2D eigenvalue weighted by Gasteiger charge is 2.28. The van der Waals surface area contributed by atoms with Gasteiger partial charge in [0.05, 0.1) is 24.8 Å². The fourth-order valence-corrected chi connectivity index (χ4v) is 4.44. The van der Waals surface area contributed by atoms with Gasteiger partial charge in [0.15, 0.2) is 11.6 Å². The molecule has 3 N–H and O–H groups in total. The fraction of sp³-hybridized carbons (Fsp3) is 0.375. The van der Waals surface area contributed by atoms with Gasteiger partial charge < -0.3 is 15.7 Å². The molecule has 1 amide bonds. The van der Waals surface area contributed by atoms with E-state index in [1.54, 1.807) is 13.8 Å². The summed E-state index contributed by atoms with van der Waals surface area (Å²) in [5, 5.41) is 22.1. The number of ketones is 1. The molecule has 0 aliphatic heterocycles. The van der Waals surface area contributed by atoms with Crippen LogP contribution in [0.4, 0.5) is 5.82 Å². The van der Waals surface area contributed by atoms with Crippen molar-refractivity contribution in [2.75, 3.05) is 11.1 Å². The van der Waals surface area contributed by atoms with Crippen molar-refractivity contribution in [3.05, 3.63) is 70.0 Å². The zero-order chi connectivity index (χ0) is 26.8. The second-order valence-electron chi connectivity index (χ2n) is 8.17. The number of rotatable bonds is 14. The molecule has 2 heterocycles. The lowest BCUT2D eigenvalue weighted by Gasteiger charge is -2.22. The summed E-state index contributed by atoms with van der Waals surface area (Å²) in [7, 11) is 0. The monoisotopic (exact) mass is 532 g/mol. The molecule has 13 heteroatoms. The van der Waals surface area contributed by atoms with Gasteiger partial charge in [0.2, 0.25) is 5.91 Å². The summed E-state index contributed by atoms with van der Waals surface area (Å²) in [5.41, 5.74) is 1.53. The number of aryl methyl sites for hydroxylation is 1. The summed E-state index contributed by atoms with van der Waals surface area (Å²) in [4.78, 5) is 54.4. The number of thioether (sulfide) groups is 1. The molecule has 0 bridgehead atoms. The number of carboxylic acid groups (broad SMARTS) is 1. The molecule has 37 heavy (non-hydrogen) atoms. The maximum absolute atomic E-state index is 13.1. The first-order chi connectivity index (χ1) is 17.8. The Hall–Kier alpha value is -4.00. The third kappa shape index (κ3) is 7.74. The molecule has 3 aromatic rings. The second-order valence-corrected chi connectivity index (χ2v) is 9.15. The van der Waals surface area contributed by atoms with Gasteiger partial charge >= 0.3 is 5.97 Å². The van der Waals surface area contributed by atoms with Crippen LogP contribution in [-0.4, -0.2) is 54.4 Å². The molecule has 2 atom stereocenters. The minimum atomic E-state index is -1.22. The molecule has 200 valence electrons. The van der Waals surface area contributed by atoms with Crippen LogP contribution in [-0.2, 0) is 26.7 Å². The molecule has 0 unspecified atom stereocenters. The van der Waals surface area contributed by atoms with E-state index in [2.05, 4.69) is 30.6 Å². The molecule has 0 aliphatic carbocycles. The van der Waals surface area contributed by atoms with E-state index in [4.69, 9.17) is 0 Å². The topological polar surface area (TPSA) is 169 Å². The van der Waals surface area contributed by atoms with Crippen LogP contribution in [0.5, 0.6) is 0 Å². The van der Waals surface area contributed by atoms with Crippen LogP contribution < -0.4 is 16.2 Å². The largest absolute Gasteiger partial charge is 0.481 e. The average molecular weight is 533 g/mol. The first-order valence-corrected chi connectivity index (χ1v) is 12.7. The number of carboxylic acids is 1. The van der Waals surface area contributed by atoms with Crippen LogP contribution in [0.3, 0.4) is 0 Å². The average Bonchev–Trinajstić information content (AvgIpc) is 3.29. The van der Waals surface area contributed by atoms with Crippen molar-refractivity contribution in [1.82, 2.24) is 25.2 Å². The number of aliphatic carboxylic acids is 1. The van der Waals surface area contributed by atoms with Crippen LogP contribution >= 0.6 is 11.8 Å². The smallest absolute Gasteiger partial charge is 0.305 e. The van der Waals surface area contributed by atoms with Gasteiger partial charge in [0.25, 0.3) is 5.56 Å². The summed E-state index contributed by atoms with van der Waals surface area (Å²) < 4.78 is 5.84. The van der Waals surface area contributed by atoms with Crippen molar-refractivity contribution in [2.45, 2.75) is 51.1 Å². The number of benzene rings is 1. The second kappa shape index (κ2) is 13.3. The summed E-state index contributed by atoms with van der Waals surface area (Å²) in [5.74, 6) is -1.66. The van der Waals surface area contributed by atoms with E-state index >= 15 is 0 Å². The number of carbonyl (C=O) groups is 3. The Morgan fingerprint density at radius 2 is 1.97 bits per heavy atom. The number of amides is 1. The Kier molecular flexibility index (Phi) is 9.95. The maximum atomic E-state index is 13.1. The Balaban J connectivity index is 0.00000380. The van der Waals surface area contributed by atoms with Gasteiger partial charge in [-0.3, -0.25) is 23.7 Å². The van der Waals surface area contributed by atoms with Crippen LogP contribution in [0.25, 0.3) is 0 Å². The zero-order valence-corrected chi connectivity index (χ0v) is 21.2. The first-order valence-electron chi connectivity index (χ1n) is 11.6. The summed E-state index contributed by atoms with van der Waals surface area (Å²) in [6.07, 6.45) is 2.40. The van der Waals surface area contributed by atoms with Crippen molar-refractivity contribution >= 4 is 35.2 Å². The van der Waals surface area contributed by atoms with E-state index in [0.717, 1.165) is 5.56 Å². The fourth-order valence-electron chi connectivity index (χ4n) is 3.51. The number of carbonyl (C=O) groups excluding carboxylic acids is 2. The molecule has 0 saturated carbocycles. The van der Waals surface area contributed by atoms with Gasteiger partial charge in [0.1, 0.15) is 17.4 Å². The number of Topliss-reactive ketones (excluding diaryl/α,β-unsaturated/α-hetero) is 1. The van der Waals surface area contributed by atoms with E-state index in [-0.39, 0.29) is 27.4 Å². The number of aromatic nitrogens is 4. The van der Waals surface area contributed by atoms with E-state index in [0.29, 0.717) is 17.1 Å². The molecule has 0 radical (unpaired) electrons. The predicted octanol–water partition coefficient (Wildman–Crippen LogP) is 2.45. The summed E-state index contributed by atoms with van der Waals surface area (Å²) in [6.45, 7) is 3.55. The third-order valence-corrected chi connectivity index (χ3v) is 6.53. The Morgan fingerprint density at radius 1 is 1.22 bits per heavy atom. The molecule has 1 aromatic carbocycles. The Labute approximate surface area is 219 Å². The van der Waals surface area contributed by atoms with Gasteiger partial charge in [-0.2, -0.15) is 0 Å². The zero-order valence-electron chi connectivity index (χ0n) is 20.4. The highest BCUT2D eigenvalue weighted by Crippen LogP contribution is 2.15. The number of hydrogen-bond acceptors (Lipinski definition) is 10. The molecule has 0 saturated heterocycles. The molecule has 2 aromatic heterocycles. The van der Waals surface area contributed by atoms with Gasteiger partial charge in [-0.1, -0.05) is 47.6 Å². The van der Waals surface area contributed by atoms with E-state index in [9.17, 15) is 24.3 Å². The molecule has 0 fully saturated rings. The molecule has 0 spiro atoms. The Morgan fingerprint density at radius 3 is 2.62 bits per heavy atom. The van der Waals surface area contributed by atoms with Crippen molar-refractivity contribution in [3.63, 3.8) is 0 Å². The van der Waals surface area contributed by atoms with Crippen molar-refractivity contribution in [1.29, 1.82) is 0 Å². The van der Waals surface area contributed by atoms with Gasteiger partial charge in [-0.15, -0.1) is 11.8 Å². The van der Waals surface area contributed by atoms with Crippen LogP contribution in [0, 0.1) is 6.92 Å². The van der Waals surface area contributed by atoms with Crippen LogP contribution in [0.2, 0.25) is 0 Å². The molecule has 0 aliphatic rings. The minimum absolute atomic E-state index is 0. The van der Waals surface area contributed by atoms with Gasteiger partial charge in [-0.05, 0) is 18.9 Å². The predicted molar refractivity (Wildman–Crippen MR) is 140 cm³/mol. The molecular formula is C24H32N6O6S. The molecular weight excluding hydrogens is 500 g/mol. The van der Waals surface area contributed by atoms with Crippen LogP contribution in [0.1, 0.15) is 45.6 Å². The normalized spacial score (nSPS) is 12.5. The van der Waals surface area contributed by atoms with E-state index in [1.165, 1.54) is 28.7 Å². The summed E-state index contributed by atoms with van der Waals surface area (Å²) >= 11 is 1.34. The van der Waals surface area contributed by atoms with Gasteiger partial charge in [-0.25, -0.2) is 9.61 Å². The lowest BCUT2D eigenvalue weighted by atomic mass is 10.1. The maximum Gasteiger partial charge on any atom is 0.305 e. The van der Waals surface area contributed by atoms with E-state index < -0.39 is 41.7 Å². The molecule has 3 rings (SSSR count). The first kappa shape index (κ1) is 27.6. The lowest BCUT2D eigenvalue weighted by Crippen LogP contribution is -2.47. The summed E-state index contributed by atoms with van der Waals surface area (Å²) in [6, 6.07) is 7.34. The van der Waals surface area contributed by atoms with Gasteiger partial charge in [0, 0.05) is 21.0 Å². The SMILES string of the molecule is CC[C@@H](C(=O)N[C@@H](CC(=O)O)C(=O)CSCc1ccccc1)n1ccnc(NCc2nonc2C)c1=O.[HH].[HH]. The van der Waals surface area contributed by atoms with E-state index in [1.807, 2.05) is 30.3 Å². The highest BCUT2D eigenvalue weighted by molar-refractivity contribution is 7.99. The van der Waals surface area contributed by atoms with Crippen LogP contribution in [0.15, 0.2) is 52.1 Å². The lowest BCUT2D eigenvalue weighted by molar-refractivity contribution is -0.140. The third-order valence-electron chi connectivity index (χ3n) is 5.50. The standard InChI is InChI=1S/C24H28N6O6S.2H2/c1-3-19(30-10-9-25-22(24(30)35)26-12-18-15(2)28-36-29-18)23(34)27-17(11-21(32)33)20(31)14-37-13-16-7-5-4-6-8-16;;/h4-10,17,19H,3,11-14H2,1-2H3,(H,25,26)(H,27,34)(H,32,33);2*1H/t17-,19-;;/m0../s1. The number of anilines is 1. The Bertz CT molecular complexity index is 1290. The number of nitrogens with one attached hydrogen (secondary N) is 2. The van der Waals surface area contributed by atoms with Crippen molar-refractivity contribution in [3.8, 4) is 0 Å². The highest BCUT2D eigenvalue weighted by atomic mass is 32.2. The minimum Gasteiger partial charge on any atom is -0.481 e. The van der Waals surface area contributed by atoms with Crippen molar-refractivity contribution < 1.29 is 27.0 Å². The quantitative estimate of drug-likeness (QED) is 0.279. The number of nitrogens with zero attached hydrogens (tertiary/aromatic N) is 4. The number of hydrogen-bond donors (Lipinski definition) is 3. The molecule has 12 nitrogen and oxygen atoms in total.